The number of aromatic nitrogens is 3. The second-order valence-corrected chi connectivity index (χ2v) is 9.12. The topological polar surface area (TPSA) is 39.9 Å². The number of imidazole rings is 1. The molecule has 0 atom stereocenters. The maximum atomic E-state index is 14.1. The van der Waals surface area contributed by atoms with Crippen LogP contribution in [0, 0.1) is 23.5 Å². The van der Waals surface area contributed by atoms with Gasteiger partial charge in [-0.05, 0) is 49.7 Å². The molecule has 0 N–H and O–H groups in total. The van der Waals surface area contributed by atoms with Crippen LogP contribution >= 0.6 is 0 Å². The molecule has 2 aliphatic carbocycles. The van der Waals surface area contributed by atoms with Gasteiger partial charge in [0.15, 0.2) is 11.6 Å². The van der Waals surface area contributed by atoms with Gasteiger partial charge in [0, 0.05) is 24.9 Å². The molecule has 5 rings (SSSR count). The molecule has 0 saturated heterocycles. The van der Waals surface area contributed by atoms with Crippen LogP contribution in [0.3, 0.4) is 0 Å². The molecule has 2 fully saturated rings. The molecule has 0 aliphatic heterocycles. The fourth-order valence-corrected chi connectivity index (χ4v) is 5.19. The van der Waals surface area contributed by atoms with Crippen molar-refractivity contribution in [2.75, 3.05) is 6.61 Å². The van der Waals surface area contributed by atoms with Gasteiger partial charge in [-0.2, -0.15) is 0 Å². The monoisotopic (exact) mass is 425 g/mol. The van der Waals surface area contributed by atoms with E-state index in [0.29, 0.717) is 41.2 Å². The number of rotatable bonds is 6. The molecule has 3 aromatic rings. The van der Waals surface area contributed by atoms with E-state index in [4.69, 9.17) is 9.72 Å². The van der Waals surface area contributed by atoms with Gasteiger partial charge in [0.25, 0.3) is 0 Å². The van der Waals surface area contributed by atoms with E-state index in [2.05, 4.69) is 4.98 Å². The van der Waals surface area contributed by atoms with Crippen LogP contribution in [0.4, 0.5) is 8.78 Å². The first-order chi connectivity index (χ1) is 15.2. The Morgan fingerprint density at radius 1 is 0.935 bits per heavy atom. The molecule has 0 bridgehead atoms. The summed E-state index contributed by atoms with van der Waals surface area (Å²) in [4.78, 5) is 9.21. The Morgan fingerprint density at radius 3 is 2.45 bits per heavy atom. The van der Waals surface area contributed by atoms with E-state index < -0.39 is 11.6 Å². The normalized spacial score (nSPS) is 18.1. The van der Waals surface area contributed by atoms with E-state index in [1.165, 1.54) is 57.1 Å². The summed E-state index contributed by atoms with van der Waals surface area (Å²) in [6.45, 7) is 1.39. The lowest BCUT2D eigenvalue weighted by atomic mass is 9.89. The lowest BCUT2D eigenvalue weighted by molar-refractivity contribution is 0.244. The fraction of sp³-hybridized carbons (Fsp3) is 0.520. The summed E-state index contributed by atoms with van der Waals surface area (Å²) >= 11 is 0. The molecule has 2 aromatic heterocycles. The smallest absolute Gasteiger partial charge is 0.224 e. The molecule has 0 spiro atoms. The molecule has 164 valence electrons. The number of pyridine rings is 1. The van der Waals surface area contributed by atoms with Crippen molar-refractivity contribution < 1.29 is 13.5 Å². The number of nitrogens with zero attached hydrogens (tertiary/aromatic N) is 3. The first-order valence-electron chi connectivity index (χ1n) is 11.6. The second-order valence-electron chi connectivity index (χ2n) is 9.12. The SMILES string of the molecule is Fc1cc2nc(-c3cccnc3OCC3CCCC3)n(CC3CCCCC3)c2cc1F. The summed E-state index contributed by atoms with van der Waals surface area (Å²) < 4.78 is 36.3. The Balaban J connectivity index is 1.54. The van der Waals surface area contributed by atoms with Gasteiger partial charge < -0.3 is 9.30 Å². The van der Waals surface area contributed by atoms with Crippen molar-refractivity contribution in [2.45, 2.75) is 64.3 Å². The minimum absolute atomic E-state index is 0.468. The summed E-state index contributed by atoms with van der Waals surface area (Å²) in [7, 11) is 0. The fourth-order valence-electron chi connectivity index (χ4n) is 5.19. The highest BCUT2D eigenvalue weighted by Gasteiger charge is 2.23. The van der Waals surface area contributed by atoms with E-state index in [-0.39, 0.29) is 0 Å². The van der Waals surface area contributed by atoms with Crippen LogP contribution < -0.4 is 4.74 Å². The van der Waals surface area contributed by atoms with Crippen LogP contribution in [0.5, 0.6) is 5.88 Å². The quantitative estimate of drug-likeness (QED) is 0.451. The molecule has 0 amide bonds. The van der Waals surface area contributed by atoms with Gasteiger partial charge in [0.05, 0.1) is 23.2 Å². The first-order valence-corrected chi connectivity index (χ1v) is 11.6. The number of hydrogen-bond donors (Lipinski definition) is 0. The van der Waals surface area contributed by atoms with Gasteiger partial charge in [-0.25, -0.2) is 18.7 Å². The van der Waals surface area contributed by atoms with Crippen LogP contribution in [0.25, 0.3) is 22.4 Å². The highest BCUT2D eigenvalue weighted by molar-refractivity contribution is 5.81. The summed E-state index contributed by atoms with van der Waals surface area (Å²) in [5.74, 6) is 0.602. The van der Waals surface area contributed by atoms with E-state index >= 15 is 0 Å². The summed E-state index contributed by atoms with van der Waals surface area (Å²) in [6.07, 6.45) is 12.7. The number of benzene rings is 1. The minimum atomic E-state index is -0.870. The lowest BCUT2D eigenvalue weighted by Crippen LogP contribution is -2.15. The Hall–Kier alpha value is -2.50. The Morgan fingerprint density at radius 2 is 1.65 bits per heavy atom. The largest absolute Gasteiger partial charge is 0.477 e. The zero-order chi connectivity index (χ0) is 21.2. The van der Waals surface area contributed by atoms with E-state index in [1.54, 1.807) is 6.20 Å². The van der Waals surface area contributed by atoms with Gasteiger partial charge >= 0.3 is 0 Å². The molecule has 0 unspecified atom stereocenters. The minimum Gasteiger partial charge on any atom is -0.477 e. The van der Waals surface area contributed by atoms with Crippen LogP contribution in [-0.2, 0) is 6.54 Å². The maximum Gasteiger partial charge on any atom is 0.224 e. The number of halogens is 2. The number of ether oxygens (including phenoxy) is 1. The summed E-state index contributed by atoms with van der Waals surface area (Å²) in [5, 5.41) is 0. The van der Waals surface area contributed by atoms with Gasteiger partial charge in [-0.1, -0.05) is 32.1 Å². The van der Waals surface area contributed by atoms with Crippen molar-refractivity contribution in [1.29, 1.82) is 0 Å². The average molecular weight is 426 g/mol. The van der Waals surface area contributed by atoms with Gasteiger partial charge in [-0.15, -0.1) is 0 Å². The van der Waals surface area contributed by atoms with E-state index in [0.717, 1.165) is 24.9 Å². The third-order valence-corrected chi connectivity index (χ3v) is 6.90. The van der Waals surface area contributed by atoms with Crippen molar-refractivity contribution in [1.82, 2.24) is 14.5 Å². The zero-order valence-electron chi connectivity index (χ0n) is 17.8. The summed E-state index contributed by atoms with van der Waals surface area (Å²) in [5.41, 5.74) is 1.88. The van der Waals surface area contributed by atoms with Crippen molar-refractivity contribution in [3.05, 3.63) is 42.1 Å². The zero-order valence-corrected chi connectivity index (χ0v) is 17.8. The van der Waals surface area contributed by atoms with Crippen molar-refractivity contribution in [3.63, 3.8) is 0 Å². The molecule has 31 heavy (non-hydrogen) atoms. The van der Waals surface area contributed by atoms with Crippen LogP contribution in [0.1, 0.15) is 57.8 Å². The highest BCUT2D eigenvalue weighted by atomic mass is 19.2. The van der Waals surface area contributed by atoms with Crippen LogP contribution in [-0.4, -0.2) is 21.1 Å². The molecule has 2 aliphatic rings. The van der Waals surface area contributed by atoms with Crippen molar-refractivity contribution in [2.24, 2.45) is 11.8 Å². The molecule has 1 aromatic carbocycles. The Kier molecular flexibility index (Phi) is 5.88. The average Bonchev–Trinajstić information content (AvgIpc) is 3.42. The third kappa shape index (κ3) is 4.30. The number of hydrogen-bond acceptors (Lipinski definition) is 3. The van der Waals surface area contributed by atoms with Crippen LogP contribution in [0.2, 0.25) is 0 Å². The molecule has 2 saturated carbocycles. The molecule has 4 nitrogen and oxygen atoms in total. The third-order valence-electron chi connectivity index (χ3n) is 6.90. The van der Waals surface area contributed by atoms with Crippen molar-refractivity contribution >= 4 is 11.0 Å². The molecule has 6 heteroatoms. The molecular formula is C25H29F2N3O. The van der Waals surface area contributed by atoms with Gasteiger partial charge in [0.2, 0.25) is 5.88 Å². The van der Waals surface area contributed by atoms with Gasteiger partial charge in [0.1, 0.15) is 5.82 Å². The molecular weight excluding hydrogens is 396 g/mol. The highest BCUT2D eigenvalue weighted by Crippen LogP contribution is 2.35. The standard InChI is InChI=1S/C25H29F2N3O/c26-20-13-22-23(14-21(20)27)30(15-17-7-2-1-3-8-17)24(29-22)19-11-6-12-28-25(19)31-16-18-9-4-5-10-18/h6,11-14,17-18H,1-5,7-10,15-16H2. The first kappa shape index (κ1) is 20.4. The summed E-state index contributed by atoms with van der Waals surface area (Å²) in [6, 6.07) is 6.28. The lowest BCUT2D eigenvalue weighted by Gasteiger charge is -2.23. The van der Waals surface area contributed by atoms with Gasteiger partial charge in [-0.3, -0.25) is 0 Å². The predicted octanol–water partition coefficient (Wildman–Crippen LogP) is 6.53. The Labute approximate surface area is 181 Å². The molecule has 0 radical (unpaired) electrons. The second kappa shape index (κ2) is 8.93. The van der Waals surface area contributed by atoms with Crippen LogP contribution in [0.15, 0.2) is 30.5 Å². The van der Waals surface area contributed by atoms with E-state index in [9.17, 15) is 8.78 Å². The Bertz CT molecular complexity index is 1050. The maximum absolute atomic E-state index is 14.1. The predicted molar refractivity (Wildman–Crippen MR) is 117 cm³/mol. The number of fused-ring (bicyclic) bond motifs is 1. The van der Waals surface area contributed by atoms with Crippen molar-refractivity contribution in [3.8, 4) is 17.3 Å². The van der Waals surface area contributed by atoms with E-state index in [1.807, 2.05) is 16.7 Å². The molecule has 2 heterocycles.